The smallest absolute Gasteiger partial charge is 0.175 e. The van der Waals surface area contributed by atoms with E-state index in [0.29, 0.717) is 15.9 Å². The summed E-state index contributed by atoms with van der Waals surface area (Å²) in [6.45, 7) is 2.02. The Balaban J connectivity index is 2.11. The summed E-state index contributed by atoms with van der Waals surface area (Å²) in [6, 6.07) is 11.2. The molecule has 0 unspecified atom stereocenters. The van der Waals surface area contributed by atoms with E-state index in [9.17, 15) is 0 Å². The molecule has 21 heavy (non-hydrogen) atoms. The fourth-order valence-corrected chi connectivity index (χ4v) is 2.43. The summed E-state index contributed by atoms with van der Waals surface area (Å²) in [5, 5.41) is 7.30. The van der Waals surface area contributed by atoms with Crippen LogP contribution in [-0.2, 0) is 0 Å². The predicted octanol–water partition coefficient (Wildman–Crippen LogP) is 5.23. The van der Waals surface area contributed by atoms with Crippen LogP contribution in [-0.4, -0.2) is 12.2 Å². The molecule has 0 saturated heterocycles. The Bertz CT molecular complexity index is 679. The lowest BCUT2D eigenvalue weighted by atomic mass is 10.2. The molecule has 2 aromatic carbocycles. The number of halogens is 2. The van der Waals surface area contributed by atoms with Gasteiger partial charge in [-0.2, -0.15) is 0 Å². The normalized spacial score (nSPS) is 10.1. The first-order valence-electron chi connectivity index (χ1n) is 6.17. The highest BCUT2D eigenvalue weighted by Crippen LogP contribution is 2.28. The van der Waals surface area contributed by atoms with Crippen LogP contribution in [0.2, 0.25) is 5.02 Å². The SMILES string of the molecule is COc1ccc(Cl)cc1NC(=S)Nc1ccc(Br)c(C)c1. The molecule has 0 heterocycles. The molecule has 0 aliphatic carbocycles. The van der Waals surface area contributed by atoms with Crippen molar-refractivity contribution in [3.63, 3.8) is 0 Å². The summed E-state index contributed by atoms with van der Waals surface area (Å²) < 4.78 is 6.33. The molecular formula is C15H14BrClN2OS. The Morgan fingerprint density at radius 1 is 1.19 bits per heavy atom. The average molecular weight is 386 g/mol. The van der Waals surface area contributed by atoms with E-state index in [4.69, 9.17) is 28.6 Å². The first-order valence-corrected chi connectivity index (χ1v) is 7.75. The summed E-state index contributed by atoms with van der Waals surface area (Å²) in [5.74, 6) is 0.676. The molecule has 0 aromatic heterocycles. The minimum absolute atomic E-state index is 0.470. The van der Waals surface area contributed by atoms with Crippen LogP contribution in [0.25, 0.3) is 0 Å². The van der Waals surface area contributed by atoms with Gasteiger partial charge in [0.25, 0.3) is 0 Å². The van der Waals surface area contributed by atoms with Gasteiger partial charge in [0.15, 0.2) is 5.11 Å². The second-order valence-corrected chi connectivity index (χ2v) is 6.09. The highest BCUT2D eigenvalue weighted by Gasteiger charge is 2.06. The lowest BCUT2D eigenvalue weighted by Gasteiger charge is -2.14. The number of benzene rings is 2. The summed E-state index contributed by atoms with van der Waals surface area (Å²) in [4.78, 5) is 0. The summed E-state index contributed by atoms with van der Waals surface area (Å²) >= 11 is 14.8. The second-order valence-electron chi connectivity index (χ2n) is 4.39. The molecule has 0 saturated carbocycles. The molecular weight excluding hydrogens is 372 g/mol. The molecule has 2 N–H and O–H groups in total. The third kappa shape index (κ3) is 4.33. The van der Waals surface area contributed by atoms with Crippen molar-refractivity contribution < 1.29 is 4.74 Å². The summed E-state index contributed by atoms with van der Waals surface area (Å²) in [6.07, 6.45) is 0. The van der Waals surface area contributed by atoms with E-state index in [1.165, 1.54) is 0 Å². The standard InChI is InChI=1S/C15H14BrClN2OS/c1-9-7-11(4-5-12(9)16)18-15(21)19-13-8-10(17)3-6-14(13)20-2/h3-8H,1-2H3,(H2,18,19,21). The van der Waals surface area contributed by atoms with E-state index < -0.39 is 0 Å². The van der Waals surface area contributed by atoms with E-state index in [1.807, 2.05) is 25.1 Å². The van der Waals surface area contributed by atoms with Crippen LogP contribution in [0.4, 0.5) is 11.4 Å². The van der Waals surface area contributed by atoms with Crippen LogP contribution in [0.1, 0.15) is 5.56 Å². The number of aryl methyl sites for hydroxylation is 1. The molecule has 0 fully saturated rings. The van der Waals surface area contributed by atoms with Gasteiger partial charge in [-0.1, -0.05) is 27.5 Å². The van der Waals surface area contributed by atoms with E-state index in [0.717, 1.165) is 21.4 Å². The quantitative estimate of drug-likeness (QED) is 0.709. The maximum Gasteiger partial charge on any atom is 0.175 e. The van der Waals surface area contributed by atoms with E-state index in [-0.39, 0.29) is 0 Å². The first-order chi connectivity index (χ1) is 9.99. The number of hydrogen-bond acceptors (Lipinski definition) is 2. The van der Waals surface area contributed by atoms with Gasteiger partial charge in [0.05, 0.1) is 12.8 Å². The number of anilines is 2. The Morgan fingerprint density at radius 2 is 1.95 bits per heavy atom. The van der Waals surface area contributed by atoms with Crippen molar-refractivity contribution in [1.82, 2.24) is 0 Å². The molecule has 6 heteroatoms. The topological polar surface area (TPSA) is 33.3 Å². The number of nitrogens with one attached hydrogen (secondary N) is 2. The molecule has 3 nitrogen and oxygen atoms in total. The molecule has 0 bridgehead atoms. The lowest BCUT2D eigenvalue weighted by Crippen LogP contribution is -2.19. The molecule has 0 amide bonds. The van der Waals surface area contributed by atoms with Crippen molar-refractivity contribution in [2.45, 2.75) is 6.92 Å². The first kappa shape index (κ1) is 16.1. The maximum atomic E-state index is 5.99. The van der Waals surface area contributed by atoms with Gasteiger partial charge in [0.2, 0.25) is 0 Å². The average Bonchev–Trinajstić information content (AvgIpc) is 2.43. The van der Waals surface area contributed by atoms with Gasteiger partial charge >= 0.3 is 0 Å². The van der Waals surface area contributed by atoms with Crippen molar-refractivity contribution in [2.24, 2.45) is 0 Å². The van der Waals surface area contributed by atoms with E-state index >= 15 is 0 Å². The lowest BCUT2D eigenvalue weighted by molar-refractivity contribution is 0.417. The zero-order chi connectivity index (χ0) is 15.4. The highest BCUT2D eigenvalue weighted by molar-refractivity contribution is 9.10. The fraction of sp³-hybridized carbons (Fsp3) is 0.133. The van der Waals surface area contributed by atoms with Crippen molar-refractivity contribution in [2.75, 3.05) is 17.7 Å². The molecule has 0 radical (unpaired) electrons. The number of ether oxygens (including phenoxy) is 1. The van der Waals surface area contributed by atoms with Gasteiger partial charge in [-0.25, -0.2) is 0 Å². The zero-order valence-corrected chi connectivity index (χ0v) is 14.7. The van der Waals surface area contributed by atoms with Gasteiger partial charge in [0.1, 0.15) is 5.75 Å². The monoisotopic (exact) mass is 384 g/mol. The summed E-state index contributed by atoms with van der Waals surface area (Å²) in [5.41, 5.74) is 2.76. The van der Waals surface area contributed by atoms with Crippen LogP contribution in [0.3, 0.4) is 0 Å². The van der Waals surface area contributed by atoms with Crippen LogP contribution in [0, 0.1) is 6.92 Å². The van der Waals surface area contributed by atoms with Gasteiger partial charge in [-0.3, -0.25) is 0 Å². The van der Waals surface area contributed by atoms with Crippen molar-refractivity contribution in [3.05, 3.63) is 51.5 Å². The molecule has 0 aliphatic heterocycles. The fourth-order valence-electron chi connectivity index (χ4n) is 1.78. The molecule has 2 aromatic rings. The zero-order valence-electron chi connectivity index (χ0n) is 11.5. The van der Waals surface area contributed by atoms with E-state index in [1.54, 1.807) is 25.3 Å². The van der Waals surface area contributed by atoms with E-state index in [2.05, 4.69) is 26.6 Å². The molecule has 0 atom stereocenters. The highest BCUT2D eigenvalue weighted by atomic mass is 79.9. The van der Waals surface area contributed by atoms with Crippen molar-refractivity contribution in [1.29, 1.82) is 0 Å². The van der Waals surface area contributed by atoms with Crippen molar-refractivity contribution >= 4 is 56.2 Å². The molecule has 110 valence electrons. The maximum absolute atomic E-state index is 5.99. The molecule has 0 aliphatic rings. The number of hydrogen-bond donors (Lipinski definition) is 2. The van der Waals surface area contributed by atoms with Crippen LogP contribution in [0.5, 0.6) is 5.75 Å². The minimum atomic E-state index is 0.470. The van der Waals surface area contributed by atoms with Crippen LogP contribution >= 0.6 is 39.7 Å². The molecule has 2 rings (SSSR count). The number of thiocarbonyl (C=S) groups is 1. The summed E-state index contributed by atoms with van der Waals surface area (Å²) in [7, 11) is 1.60. The second kappa shape index (κ2) is 7.11. The Morgan fingerprint density at radius 3 is 2.62 bits per heavy atom. The Kier molecular flexibility index (Phi) is 5.45. The molecule has 0 spiro atoms. The third-order valence-electron chi connectivity index (χ3n) is 2.83. The van der Waals surface area contributed by atoms with Crippen LogP contribution in [0.15, 0.2) is 40.9 Å². The van der Waals surface area contributed by atoms with Gasteiger partial charge in [-0.05, 0) is 61.1 Å². The third-order valence-corrected chi connectivity index (χ3v) is 4.15. The van der Waals surface area contributed by atoms with Crippen LogP contribution < -0.4 is 15.4 Å². The largest absolute Gasteiger partial charge is 0.495 e. The van der Waals surface area contributed by atoms with Crippen molar-refractivity contribution in [3.8, 4) is 5.75 Å². The van der Waals surface area contributed by atoms with Gasteiger partial charge < -0.3 is 15.4 Å². The Labute approximate surface area is 142 Å². The Hall–Kier alpha value is -1.30. The number of methoxy groups -OCH3 is 1. The number of rotatable bonds is 3. The van der Waals surface area contributed by atoms with Gasteiger partial charge in [0, 0.05) is 15.2 Å². The van der Waals surface area contributed by atoms with Gasteiger partial charge in [-0.15, -0.1) is 0 Å². The predicted molar refractivity (Wildman–Crippen MR) is 96.7 cm³/mol. The minimum Gasteiger partial charge on any atom is -0.495 e.